The third-order valence-electron chi connectivity index (χ3n) is 6.11. The molecule has 3 atom stereocenters. The number of carbonyl (C=O) groups excluding carboxylic acids is 3. The first kappa shape index (κ1) is 27.4. The molecule has 8 heteroatoms. The number of hydrogen-bond acceptors (Lipinski definition) is 4. The molecule has 0 aliphatic carbocycles. The van der Waals surface area contributed by atoms with E-state index in [0.29, 0.717) is 25.8 Å². The smallest absolute Gasteiger partial charge is 0.312 e. The number of ketones is 1. The van der Waals surface area contributed by atoms with Gasteiger partial charge in [0.15, 0.2) is 5.78 Å². The lowest BCUT2D eigenvalue weighted by atomic mass is 9.89. The topological polar surface area (TPSA) is 129 Å². The molecule has 6 N–H and O–H groups in total. The lowest BCUT2D eigenvalue weighted by molar-refractivity contribution is -0.131. The molecule has 188 valence electrons. The first-order chi connectivity index (χ1) is 16.3. The van der Waals surface area contributed by atoms with Crippen LogP contribution in [-0.2, 0) is 16.0 Å². The Morgan fingerprint density at radius 2 is 1.79 bits per heavy atom. The number of H-pyrrole nitrogens is 1. The van der Waals surface area contributed by atoms with Crippen LogP contribution in [0.5, 0.6) is 0 Å². The molecule has 2 rings (SSSR count). The lowest BCUT2D eigenvalue weighted by Crippen LogP contribution is -2.53. The van der Waals surface area contributed by atoms with E-state index in [1.807, 2.05) is 51.2 Å². The Bertz CT molecular complexity index is 939. The molecule has 1 aromatic carbocycles. The van der Waals surface area contributed by atoms with Gasteiger partial charge in [-0.05, 0) is 43.7 Å². The molecule has 2 aromatic rings. The van der Waals surface area contributed by atoms with Crippen LogP contribution >= 0.6 is 0 Å². The van der Waals surface area contributed by atoms with Crippen molar-refractivity contribution in [1.29, 1.82) is 0 Å². The highest BCUT2D eigenvalue weighted by Crippen LogP contribution is 2.20. The summed E-state index contributed by atoms with van der Waals surface area (Å²) in [6.07, 6.45) is 5.89. The van der Waals surface area contributed by atoms with Crippen molar-refractivity contribution >= 4 is 28.6 Å². The molecular weight excluding hydrogens is 430 g/mol. The van der Waals surface area contributed by atoms with E-state index in [-0.39, 0.29) is 23.7 Å². The summed E-state index contributed by atoms with van der Waals surface area (Å²) in [7, 11) is 0. The van der Waals surface area contributed by atoms with E-state index in [2.05, 4.69) is 27.9 Å². The lowest BCUT2D eigenvalue weighted by Gasteiger charge is -2.26. The maximum absolute atomic E-state index is 13.4. The van der Waals surface area contributed by atoms with Gasteiger partial charge < -0.3 is 26.7 Å². The summed E-state index contributed by atoms with van der Waals surface area (Å²) in [6.45, 7) is 8.43. The maximum Gasteiger partial charge on any atom is 0.312 e. The first-order valence-electron chi connectivity index (χ1n) is 12.4. The summed E-state index contributed by atoms with van der Waals surface area (Å²) in [5, 5.41) is 10.0. The summed E-state index contributed by atoms with van der Waals surface area (Å²) >= 11 is 0. The highest BCUT2D eigenvalue weighted by molar-refractivity contribution is 5.92. The number of benzene rings is 1. The van der Waals surface area contributed by atoms with Crippen molar-refractivity contribution in [2.45, 2.75) is 84.3 Å². The van der Waals surface area contributed by atoms with Gasteiger partial charge in [0.2, 0.25) is 5.91 Å². The maximum atomic E-state index is 13.4. The molecule has 0 aliphatic rings. The van der Waals surface area contributed by atoms with Crippen molar-refractivity contribution in [1.82, 2.24) is 20.9 Å². The number of Topliss-reactive ketones (excluding diaryl/α,β-unsaturated/α-hetero) is 1. The third kappa shape index (κ3) is 8.17. The largest absolute Gasteiger partial charge is 0.361 e. The average Bonchev–Trinajstić information content (AvgIpc) is 3.20. The minimum atomic E-state index is -0.599. The molecular formula is C26H41N5O3. The fourth-order valence-electron chi connectivity index (χ4n) is 4.41. The monoisotopic (exact) mass is 471 g/mol. The van der Waals surface area contributed by atoms with Crippen molar-refractivity contribution in [2.24, 2.45) is 11.7 Å². The Labute approximate surface area is 202 Å². The van der Waals surface area contributed by atoms with Gasteiger partial charge in [-0.1, -0.05) is 52.3 Å². The van der Waals surface area contributed by atoms with Crippen LogP contribution in [0.15, 0.2) is 30.5 Å². The van der Waals surface area contributed by atoms with Crippen LogP contribution in [0.2, 0.25) is 0 Å². The highest BCUT2D eigenvalue weighted by atomic mass is 16.2. The number of primary amides is 1. The molecule has 1 unspecified atom stereocenters. The molecule has 0 saturated carbocycles. The zero-order chi connectivity index (χ0) is 25.1. The molecule has 1 aromatic heterocycles. The summed E-state index contributed by atoms with van der Waals surface area (Å²) in [5.41, 5.74) is 7.23. The van der Waals surface area contributed by atoms with Crippen LogP contribution < -0.4 is 21.7 Å². The number of para-hydroxylation sites is 1. The normalized spacial score (nSPS) is 14.0. The third-order valence-corrected chi connectivity index (χ3v) is 6.11. The summed E-state index contributed by atoms with van der Waals surface area (Å²) in [5.74, 6) is -0.219. The van der Waals surface area contributed by atoms with Gasteiger partial charge in [-0.3, -0.25) is 9.59 Å². The first-order valence-corrected chi connectivity index (χ1v) is 12.4. The van der Waals surface area contributed by atoms with E-state index in [1.165, 1.54) is 0 Å². The van der Waals surface area contributed by atoms with Crippen molar-refractivity contribution in [3.63, 3.8) is 0 Å². The van der Waals surface area contributed by atoms with Crippen LogP contribution in [-0.4, -0.2) is 47.4 Å². The van der Waals surface area contributed by atoms with Crippen LogP contribution in [0.1, 0.15) is 65.4 Å². The number of urea groups is 1. The van der Waals surface area contributed by atoms with E-state index < -0.39 is 18.1 Å². The van der Waals surface area contributed by atoms with Gasteiger partial charge in [0.25, 0.3) is 0 Å². The quantitative estimate of drug-likeness (QED) is 0.255. The number of nitrogens with one attached hydrogen (secondary N) is 4. The number of carbonyl (C=O) groups is 3. The van der Waals surface area contributed by atoms with Gasteiger partial charge in [0.05, 0.1) is 12.1 Å². The molecule has 0 spiro atoms. The molecule has 0 aliphatic heterocycles. The molecule has 34 heavy (non-hydrogen) atoms. The van der Waals surface area contributed by atoms with E-state index in [1.54, 1.807) is 0 Å². The van der Waals surface area contributed by atoms with Crippen LogP contribution in [0.25, 0.3) is 10.9 Å². The fraction of sp³-hybridized carbons (Fsp3) is 0.577. The number of nitrogens with two attached hydrogens (primary N) is 1. The van der Waals surface area contributed by atoms with Crippen molar-refractivity contribution in [2.75, 3.05) is 6.54 Å². The SMILES string of the molecule is CCCC(CC)C(=O)[C@H](CCCNC(N)=O)NC(=O)[C@H](Cc1c[nH]c2ccccc12)NC(C)C. The minimum Gasteiger partial charge on any atom is -0.361 e. The van der Waals surface area contributed by atoms with Crippen molar-refractivity contribution < 1.29 is 14.4 Å². The highest BCUT2D eigenvalue weighted by Gasteiger charge is 2.29. The average molecular weight is 472 g/mol. The Kier molecular flexibility index (Phi) is 11.1. The van der Waals surface area contributed by atoms with Crippen molar-refractivity contribution in [3.8, 4) is 0 Å². The number of aromatic nitrogens is 1. The molecule has 1 heterocycles. The minimum absolute atomic E-state index is 0.0622. The van der Waals surface area contributed by atoms with Crippen LogP contribution in [0.3, 0.4) is 0 Å². The molecule has 0 saturated heterocycles. The van der Waals surface area contributed by atoms with E-state index >= 15 is 0 Å². The number of amides is 3. The van der Waals surface area contributed by atoms with Gasteiger partial charge >= 0.3 is 6.03 Å². The van der Waals surface area contributed by atoms with Gasteiger partial charge in [-0.25, -0.2) is 4.79 Å². The van der Waals surface area contributed by atoms with Gasteiger partial charge in [-0.2, -0.15) is 0 Å². The van der Waals surface area contributed by atoms with Gasteiger partial charge in [0.1, 0.15) is 0 Å². The number of aromatic amines is 1. The predicted molar refractivity (Wildman–Crippen MR) is 137 cm³/mol. The summed E-state index contributed by atoms with van der Waals surface area (Å²) in [6, 6.07) is 6.43. The number of rotatable bonds is 15. The van der Waals surface area contributed by atoms with Gasteiger partial charge in [0, 0.05) is 35.6 Å². The molecule has 0 bridgehead atoms. The van der Waals surface area contributed by atoms with Crippen molar-refractivity contribution in [3.05, 3.63) is 36.0 Å². The van der Waals surface area contributed by atoms with E-state index in [4.69, 9.17) is 5.73 Å². The van der Waals surface area contributed by atoms with Crippen LogP contribution in [0.4, 0.5) is 4.79 Å². The zero-order valence-electron chi connectivity index (χ0n) is 20.9. The second-order valence-corrected chi connectivity index (χ2v) is 9.23. The van der Waals surface area contributed by atoms with Crippen LogP contribution in [0, 0.1) is 5.92 Å². The summed E-state index contributed by atoms with van der Waals surface area (Å²) < 4.78 is 0. The Balaban J connectivity index is 2.18. The standard InChI is InChI=1S/C26H41N5O3/c1-5-10-18(6-2)24(32)22(13-9-14-28-26(27)34)31-25(33)23(30-17(3)4)15-19-16-29-21-12-8-7-11-20(19)21/h7-8,11-12,16-18,22-23,29-30H,5-6,9-10,13-15H2,1-4H3,(H,31,33)(H3,27,28,34)/t18?,22-,23-/m0/s1. The Morgan fingerprint density at radius 1 is 1.06 bits per heavy atom. The Hall–Kier alpha value is -2.87. The summed E-state index contributed by atoms with van der Waals surface area (Å²) in [4.78, 5) is 41.0. The molecule has 8 nitrogen and oxygen atoms in total. The van der Waals surface area contributed by atoms with E-state index in [9.17, 15) is 14.4 Å². The Morgan fingerprint density at radius 3 is 2.44 bits per heavy atom. The predicted octanol–water partition coefficient (Wildman–Crippen LogP) is 3.41. The van der Waals surface area contributed by atoms with Gasteiger partial charge in [-0.15, -0.1) is 0 Å². The van der Waals surface area contributed by atoms with E-state index in [0.717, 1.165) is 35.7 Å². The fourth-order valence-corrected chi connectivity index (χ4v) is 4.41. The second kappa shape index (κ2) is 13.7. The second-order valence-electron chi connectivity index (χ2n) is 9.23. The molecule has 0 radical (unpaired) electrons. The zero-order valence-corrected chi connectivity index (χ0v) is 20.9. The molecule has 0 fully saturated rings. The number of hydrogen-bond donors (Lipinski definition) is 5. The number of fused-ring (bicyclic) bond motifs is 1. The molecule has 3 amide bonds.